The molecule has 0 amide bonds. The Kier molecular flexibility index (Phi) is 8.58. The van der Waals surface area contributed by atoms with Crippen LogP contribution < -0.4 is 5.73 Å². The molecule has 2 N–H and O–H groups in total. The van der Waals surface area contributed by atoms with Crippen LogP contribution in [-0.2, 0) is 9.47 Å². The summed E-state index contributed by atoms with van der Waals surface area (Å²) < 4.78 is 24.6. The van der Waals surface area contributed by atoms with Crippen LogP contribution in [0.4, 0.5) is 4.39 Å². The van der Waals surface area contributed by atoms with Crippen LogP contribution in [0.5, 0.6) is 0 Å². The molecule has 0 bridgehead atoms. The quantitative estimate of drug-likeness (QED) is 0.345. The number of hydrogen-bond donors (Lipinski definition) is 1. The van der Waals surface area contributed by atoms with Gasteiger partial charge in [0, 0.05) is 30.3 Å². The summed E-state index contributed by atoms with van der Waals surface area (Å²) in [5, 5.41) is 0. The van der Waals surface area contributed by atoms with Gasteiger partial charge in [-0.1, -0.05) is 32.3 Å². The number of nitrogens with zero attached hydrogens (tertiary/aromatic N) is 1. The van der Waals surface area contributed by atoms with E-state index in [0.717, 1.165) is 12.3 Å². The zero-order valence-corrected chi connectivity index (χ0v) is 17.1. The molecule has 1 aliphatic rings. The minimum absolute atomic E-state index is 0.172. The number of hydrogen-bond acceptors (Lipinski definition) is 4. The van der Waals surface area contributed by atoms with Crippen LogP contribution in [0.1, 0.15) is 41.0 Å². The van der Waals surface area contributed by atoms with E-state index in [1.807, 2.05) is 20.9 Å². The third kappa shape index (κ3) is 6.90. The van der Waals surface area contributed by atoms with Crippen molar-refractivity contribution in [1.29, 1.82) is 0 Å². The van der Waals surface area contributed by atoms with Crippen LogP contribution in [0, 0.1) is 5.92 Å². The van der Waals surface area contributed by atoms with Gasteiger partial charge in [-0.2, -0.15) is 0 Å². The average molecular weight is 364 g/mol. The smallest absolute Gasteiger partial charge is 0.258 e. The summed E-state index contributed by atoms with van der Waals surface area (Å²) in [6, 6.07) is 0.277. The number of ether oxygens (including phenoxy) is 2. The van der Waals surface area contributed by atoms with Crippen LogP contribution >= 0.6 is 0 Å². The van der Waals surface area contributed by atoms with E-state index in [4.69, 9.17) is 23.1 Å². The van der Waals surface area contributed by atoms with Crippen molar-refractivity contribution in [3.05, 3.63) is 35.9 Å². The zero-order valence-electron chi connectivity index (χ0n) is 17.1. The maximum Gasteiger partial charge on any atom is 0.258 e. The van der Waals surface area contributed by atoms with Gasteiger partial charge >= 0.3 is 0 Å². The number of allylic oxidation sites excluding steroid dienone is 1. The number of rotatable bonds is 11. The van der Waals surface area contributed by atoms with Crippen LogP contribution in [0.15, 0.2) is 35.9 Å². The van der Waals surface area contributed by atoms with E-state index in [1.165, 1.54) is 0 Å². The standard InChI is InChI=1S/C20H34BFN2O2/c1-8-25-19-18(26-19)11-13(2)16(5)24(7)10-9-20(6,23)17(15(4)22)12-14(3)21/h11-14,16,19H,4,8-10,23H2,1-3,5-7H3/b17-12+,18-11-/t13-,14+,16-,19-,20+/m0/s1. The lowest BCUT2D eigenvalue weighted by Crippen LogP contribution is -2.44. The molecule has 0 spiro atoms. The highest BCUT2D eigenvalue weighted by Crippen LogP contribution is 2.31. The molecule has 2 radical (unpaired) electrons. The average Bonchev–Trinajstić information content (AvgIpc) is 3.26. The van der Waals surface area contributed by atoms with Crippen molar-refractivity contribution in [2.45, 2.75) is 64.7 Å². The Morgan fingerprint density at radius 3 is 2.62 bits per heavy atom. The van der Waals surface area contributed by atoms with Gasteiger partial charge in [0.05, 0.1) is 7.85 Å². The molecular formula is C20H34BFN2O2. The summed E-state index contributed by atoms with van der Waals surface area (Å²) in [5.74, 6) is 0.397. The minimum Gasteiger partial charge on any atom is -0.455 e. The van der Waals surface area contributed by atoms with Crippen LogP contribution in [-0.4, -0.2) is 50.8 Å². The molecule has 26 heavy (non-hydrogen) atoms. The van der Waals surface area contributed by atoms with Gasteiger partial charge in [0.2, 0.25) is 0 Å². The minimum atomic E-state index is -0.825. The van der Waals surface area contributed by atoms with Gasteiger partial charge in [-0.05, 0) is 46.2 Å². The normalized spacial score (nSPS) is 24.7. The van der Waals surface area contributed by atoms with E-state index in [9.17, 15) is 4.39 Å². The van der Waals surface area contributed by atoms with Crippen molar-refractivity contribution in [3.8, 4) is 0 Å². The molecule has 6 heteroatoms. The van der Waals surface area contributed by atoms with Crippen LogP contribution in [0.2, 0.25) is 5.82 Å². The number of nitrogens with two attached hydrogens (primary N) is 1. The monoisotopic (exact) mass is 364 g/mol. The second kappa shape index (κ2) is 9.72. The Morgan fingerprint density at radius 1 is 1.50 bits per heavy atom. The summed E-state index contributed by atoms with van der Waals surface area (Å²) in [5.41, 5.74) is 5.94. The number of epoxide rings is 1. The number of halogens is 1. The molecule has 0 saturated carbocycles. The molecule has 4 nitrogen and oxygen atoms in total. The lowest BCUT2D eigenvalue weighted by atomic mass is 9.81. The highest BCUT2D eigenvalue weighted by molar-refractivity contribution is 6.12. The first-order valence-electron chi connectivity index (χ1n) is 9.31. The van der Waals surface area contributed by atoms with Gasteiger partial charge in [-0.15, -0.1) is 0 Å². The van der Waals surface area contributed by atoms with Crippen LogP contribution in [0.3, 0.4) is 0 Å². The van der Waals surface area contributed by atoms with Crippen molar-refractivity contribution in [1.82, 2.24) is 4.90 Å². The predicted octanol–water partition coefficient (Wildman–Crippen LogP) is 3.71. The van der Waals surface area contributed by atoms with E-state index in [1.54, 1.807) is 13.0 Å². The second-order valence-electron chi connectivity index (χ2n) is 7.57. The first kappa shape index (κ1) is 22.9. The summed E-state index contributed by atoms with van der Waals surface area (Å²) >= 11 is 0. The van der Waals surface area contributed by atoms with Crippen molar-refractivity contribution in [2.24, 2.45) is 11.7 Å². The molecule has 0 aromatic carbocycles. The summed E-state index contributed by atoms with van der Waals surface area (Å²) in [4.78, 5) is 2.22. The summed E-state index contributed by atoms with van der Waals surface area (Å²) in [6.07, 6.45) is 4.18. The van der Waals surface area contributed by atoms with Gasteiger partial charge in [-0.3, -0.25) is 0 Å². The topological polar surface area (TPSA) is 51.0 Å². The molecule has 5 atom stereocenters. The van der Waals surface area contributed by atoms with Crippen molar-refractivity contribution < 1.29 is 13.9 Å². The molecule has 0 aromatic heterocycles. The van der Waals surface area contributed by atoms with E-state index in [-0.39, 0.29) is 18.1 Å². The van der Waals surface area contributed by atoms with Crippen LogP contribution in [0.25, 0.3) is 0 Å². The molecule has 1 saturated heterocycles. The zero-order chi connectivity index (χ0) is 20.1. The SMILES string of the molecule is [B][C@H](C)/C=C(\C(=C)F)[C@](C)(N)CCN(C)[C@@H](C)[C@@H](C)/C=C1\O[C@@H]1OCC. The third-order valence-corrected chi connectivity index (χ3v) is 4.94. The maximum absolute atomic E-state index is 13.8. The van der Waals surface area contributed by atoms with Gasteiger partial charge in [0.15, 0.2) is 5.76 Å². The lowest BCUT2D eigenvalue weighted by Gasteiger charge is -2.33. The summed E-state index contributed by atoms with van der Waals surface area (Å²) in [7, 11) is 7.82. The molecule has 0 unspecified atom stereocenters. The molecule has 0 aliphatic carbocycles. The molecule has 1 rings (SSSR count). The maximum atomic E-state index is 13.8. The van der Waals surface area contributed by atoms with Crippen molar-refractivity contribution in [3.63, 3.8) is 0 Å². The Hall–Kier alpha value is -1.11. The molecule has 1 heterocycles. The van der Waals surface area contributed by atoms with E-state index in [2.05, 4.69) is 31.4 Å². The fourth-order valence-corrected chi connectivity index (χ4v) is 2.88. The highest BCUT2D eigenvalue weighted by atomic mass is 19.1. The largest absolute Gasteiger partial charge is 0.455 e. The fourth-order valence-electron chi connectivity index (χ4n) is 2.88. The lowest BCUT2D eigenvalue weighted by molar-refractivity contribution is 0.0593. The molecule has 0 aromatic rings. The van der Waals surface area contributed by atoms with Crippen molar-refractivity contribution >= 4 is 7.85 Å². The first-order valence-corrected chi connectivity index (χ1v) is 9.31. The van der Waals surface area contributed by atoms with E-state index < -0.39 is 11.4 Å². The summed E-state index contributed by atoms with van der Waals surface area (Å²) in [6.45, 7) is 14.6. The van der Waals surface area contributed by atoms with Gasteiger partial charge in [-0.25, -0.2) is 4.39 Å². The van der Waals surface area contributed by atoms with E-state index in [0.29, 0.717) is 24.5 Å². The second-order valence-corrected chi connectivity index (χ2v) is 7.57. The Labute approximate surface area is 159 Å². The molecular weight excluding hydrogens is 330 g/mol. The first-order chi connectivity index (χ1) is 12.0. The molecule has 1 aliphatic heterocycles. The van der Waals surface area contributed by atoms with Crippen molar-refractivity contribution in [2.75, 3.05) is 20.2 Å². The van der Waals surface area contributed by atoms with Gasteiger partial charge in [0.25, 0.3) is 6.29 Å². The Morgan fingerprint density at radius 2 is 2.12 bits per heavy atom. The molecule has 1 fully saturated rings. The Balaban J connectivity index is 2.63. The van der Waals surface area contributed by atoms with Gasteiger partial charge < -0.3 is 20.1 Å². The van der Waals surface area contributed by atoms with Gasteiger partial charge in [0.1, 0.15) is 5.83 Å². The third-order valence-electron chi connectivity index (χ3n) is 4.94. The molecule has 146 valence electrons. The fraction of sp³-hybridized carbons (Fsp3) is 0.700. The van der Waals surface area contributed by atoms with E-state index >= 15 is 0 Å². The Bertz CT molecular complexity index is 546. The highest BCUT2D eigenvalue weighted by Gasteiger charge is 2.34. The predicted molar refractivity (Wildman–Crippen MR) is 107 cm³/mol.